The van der Waals surface area contributed by atoms with E-state index < -0.39 is 0 Å². The zero-order valence-electron chi connectivity index (χ0n) is 8.85. The molecule has 14 heavy (non-hydrogen) atoms. The van der Waals surface area contributed by atoms with Crippen LogP contribution in [0.25, 0.3) is 0 Å². The highest BCUT2D eigenvalue weighted by molar-refractivity contribution is 9.09. The Morgan fingerprint density at radius 2 is 1.93 bits per heavy atom. The first-order valence-corrected chi connectivity index (χ1v) is 6.70. The van der Waals surface area contributed by atoms with Gasteiger partial charge in [0.15, 0.2) is 5.79 Å². The number of rotatable bonds is 2. The second-order valence-corrected chi connectivity index (χ2v) is 5.19. The first-order valence-electron chi connectivity index (χ1n) is 5.58. The molecular weight excluding hydrogens is 244 g/mol. The van der Waals surface area contributed by atoms with E-state index in [1.54, 1.807) is 0 Å². The van der Waals surface area contributed by atoms with Crippen LogP contribution < -0.4 is 0 Å². The summed E-state index contributed by atoms with van der Waals surface area (Å²) in [5.41, 5.74) is 0.405. The van der Waals surface area contributed by atoms with E-state index in [-0.39, 0.29) is 5.79 Å². The Morgan fingerprint density at radius 1 is 1.21 bits per heavy atom. The summed E-state index contributed by atoms with van der Waals surface area (Å²) in [4.78, 5) is 0. The molecule has 2 aliphatic rings. The van der Waals surface area contributed by atoms with Gasteiger partial charge in [0.05, 0.1) is 13.2 Å². The molecule has 0 N–H and O–H groups in total. The number of ether oxygens (including phenoxy) is 2. The molecule has 1 spiro atoms. The molecule has 2 fully saturated rings. The molecule has 1 atom stereocenters. The Hall–Kier alpha value is 0.400. The topological polar surface area (TPSA) is 18.5 Å². The molecule has 0 amide bonds. The minimum Gasteiger partial charge on any atom is -0.348 e. The van der Waals surface area contributed by atoms with Gasteiger partial charge in [-0.1, -0.05) is 22.9 Å². The van der Waals surface area contributed by atoms with E-state index in [9.17, 15) is 0 Å². The van der Waals surface area contributed by atoms with Crippen LogP contribution in [0.3, 0.4) is 0 Å². The van der Waals surface area contributed by atoms with Crippen molar-refractivity contribution in [3.05, 3.63) is 0 Å². The van der Waals surface area contributed by atoms with Crippen LogP contribution in [0.4, 0.5) is 0 Å². The summed E-state index contributed by atoms with van der Waals surface area (Å²) >= 11 is 3.65. The molecule has 1 aliphatic carbocycles. The molecule has 1 heterocycles. The Morgan fingerprint density at radius 3 is 2.50 bits per heavy atom. The van der Waals surface area contributed by atoms with Crippen LogP contribution in [0.15, 0.2) is 0 Å². The van der Waals surface area contributed by atoms with Gasteiger partial charge in [-0.15, -0.1) is 0 Å². The average molecular weight is 263 g/mol. The predicted molar refractivity (Wildman–Crippen MR) is 59.6 cm³/mol. The van der Waals surface area contributed by atoms with E-state index in [1.165, 1.54) is 19.3 Å². The van der Waals surface area contributed by atoms with Crippen LogP contribution >= 0.6 is 15.9 Å². The van der Waals surface area contributed by atoms with Crippen molar-refractivity contribution in [2.24, 2.45) is 5.41 Å². The van der Waals surface area contributed by atoms with E-state index in [0.29, 0.717) is 5.41 Å². The lowest BCUT2D eigenvalue weighted by atomic mass is 9.71. The average Bonchev–Trinajstić information content (AvgIpc) is 2.66. The van der Waals surface area contributed by atoms with Crippen LogP contribution in [-0.4, -0.2) is 24.3 Å². The van der Waals surface area contributed by atoms with Crippen LogP contribution in [0.1, 0.15) is 39.0 Å². The number of halogens is 1. The maximum absolute atomic E-state index is 5.80. The van der Waals surface area contributed by atoms with Gasteiger partial charge in [-0.05, 0) is 24.7 Å². The maximum Gasteiger partial charge on any atom is 0.169 e. The zero-order chi connectivity index (χ0) is 10.1. The molecule has 82 valence electrons. The highest BCUT2D eigenvalue weighted by atomic mass is 79.9. The summed E-state index contributed by atoms with van der Waals surface area (Å²) in [5.74, 6) is -0.220. The Balaban J connectivity index is 2.09. The van der Waals surface area contributed by atoms with Crippen molar-refractivity contribution in [1.29, 1.82) is 0 Å². The van der Waals surface area contributed by atoms with Gasteiger partial charge in [0.25, 0.3) is 0 Å². The molecule has 3 heteroatoms. The standard InChI is InChI=1S/C11H19BrO2/c1-2-10(9-12)4-3-5-11(8-10)13-6-7-14-11/h2-9H2,1H3. The number of alkyl halides is 1. The van der Waals surface area contributed by atoms with Crippen LogP contribution in [0.2, 0.25) is 0 Å². The summed E-state index contributed by atoms with van der Waals surface area (Å²) < 4.78 is 11.6. The van der Waals surface area contributed by atoms with Gasteiger partial charge in [0.1, 0.15) is 0 Å². The molecule has 0 bridgehead atoms. The van der Waals surface area contributed by atoms with Gasteiger partial charge in [-0.2, -0.15) is 0 Å². The van der Waals surface area contributed by atoms with Crippen LogP contribution in [0, 0.1) is 5.41 Å². The van der Waals surface area contributed by atoms with E-state index in [4.69, 9.17) is 9.47 Å². The van der Waals surface area contributed by atoms with E-state index >= 15 is 0 Å². The fourth-order valence-electron chi connectivity index (χ4n) is 2.73. The van der Waals surface area contributed by atoms with Crippen LogP contribution in [0.5, 0.6) is 0 Å². The maximum atomic E-state index is 5.80. The molecule has 0 aromatic carbocycles. The molecule has 1 saturated heterocycles. The van der Waals surface area contributed by atoms with Gasteiger partial charge in [0, 0.05) is 18.2 Å². The Bertz CT molecular complexity index is 191. The van der Waals surface area contributed by atoms with Gasteiger partial charge in [-0.25, -0.2) is 0 Å². The number of hydrogen-bond donors (Lipinski definition) is 0. The van der Waals surface area contributed by atoms with Crippen molar-refractivity contribution in [2.45, 2.75) is 44.8 Å². The summed E-state index contributed by atoms with van der Waals surface area (Å²) in [5, 5.41) is 1.07. The number of hydrogen-bond acceptors (Lipinski definition) is 2. The minimum absolute atomic E-state index is 0.220. The largest absolute Gasteiger partial charge is 0.348 e. The third-order valence-electron chi connectivity index (χ3n) is 3.76. The molecule has 1 saturated carbocycles. The minimum atomic E-state index is -0.220. The van der Waals surface area contributed by atoms with Crippen molar-refractivity contribution >= 4 is 15.9 Å². The van der Waals surface area contributed by atoms with Crippen LogP contribution in [-0.2, 0) is 9.47 Å². The van der Waals surface area contributed by atoms with E-state index in [2.05, 4.69) is 22.9 Å². The molecule has 2 nitrogen and oxygen atoms in total. The molecule has 0 aromatic rings. The third kappa shape index (κ3) is 1.86. The Kier molecular flexibility index (Phi) is 3.20. The SMILES string of the molecule is CCC1(CBr)CCCC2(C1)OCCO2. The summed E-state index contributed by atoms with van der Waals surface area (Å²) in [6.45, 7) is 3.83. The molecular formula is C11H19BrO2. The molecule has 1 aliphatic heterocycles. The smallest absolute Gasteiger partial charge is 0.169 e. The van der Waals surface area contributed by atoms with Gasteiger partial charge in [0.2, 0.25) is 0 Å². The second kappa shape index (κ2) is 4.11. The highest BCUT2D eigenvalue weighted by Crippen LogP contribution is 2.48. The molecule has 2 rings (SSSR count). The lowest BCUT2D eigenvalue weighted by Crippen LogP contribution is -2.43. The summed E-state index contributed by atoms with van der Waals surface area (Å²) in [6.07, 6.45) is 5.92. The normalized spacial score (nSPS) is 36.4. The van der Waals surface area contributed by atoms with Crippen molar-refractivity contribution < 1.29 is 9.47 Å². The summed E-state index contributed by atoms with van der Waals surface area (Å²) in [6, 6.07) is 0. The van der Waals surface area contributed by atoms with Gasteiger partial charge in [-0.3, -0.25) is 0 Å². The van der Waals surface area contributed by atoms with Crippen molar-refractivity contribution in [1.82, 2.24) is 0 Å². The molecule has 0 aromatic heterocycles. The fraction of sp³-hybridized carbons (Fsp3) is 1.00. The quantitative estimate of drug-likeness (QED) is 0.713. The monoisotopic (exact) mass is 262 g/mol. The van der Waals surface area contributed by atoms with Crippen molar-refractivity contribution in [2.75, 3.05) is 18.5 Å². The fourth-order valence-corrected chi connectivity index (χ4v) is 3.61. The lowest BCUT2D eigenvalue weighted by Gasteiger charge is -2.43. The van der Waals surface area contributed by atoms with Crippen molar-refractivity contribution in [3.8, 4) is 0 Å². The first-order chi connectivity index (χ1) is 6.74. The molecule has 1 unspecified atom stereocenters. The second-order valence-electron chi connectivity index (χ2n) is 4.63. The Labute approximate surface area is 94.5 Å². The predicted octanol–water partition coefficient (Wildman–Crippen LogP) is 3.09. The zero-order valence-corrected chi connectivity index (χ0v) is 10.4. The molecule has 0 radical (unpaired) electrons. The third-order valence-corrected chi connectivity index (χ3v) is 4.95. The highest BCUT2D eigenvalue weighted by Gasteiger charge is 2.47. The van der Waals surface area contributed by atoms with Gasteiger partial charge < -0.3 is 9.47 Å². The lowest BCUT2D eigenvalue weighted by molar-refractivity contribution is -0.199. The summed E-state index contributed by atoms with van der Waals surface area (Å²) in [7, 11) is 0. The first kappa shape index (κ1) is 10.9. The van der Waals surface area contributed by atoms with Gasteiger partial charge >= 0.3 is 0 Å². The van der Waals surface area contributed by atoms with Crippen molar-refractivity contribution in [3.63, 3.8) is 0 Å². The van der Waals surface area contributed by atoms with E-state index in [1.807, 2.05) is 0 Å². The van der Waals surface area contributed by atoms with E-state index in [0.717, 1.165) is 31.4 Å².